The van der Waals surface area contributed by atoms with E-state index in [1.165, 1.54) is 0 Å². The average Bonchev–Trinajstić information content (AvgIpc) is 2.16. The lowest BCUT2D eigenvalue weighted by atomic mass is 10.1. The third kappa shape index (κ3) is 2.08. The Morgan fingerprint density at radius 1 is 1.21 bits per heavy atom. The summed E-state index contributed by atoms with van der Waals surface area (Å²) in [7, 11) is 0. The third-order valence-electron chi connectivity index (χ3n) is 2.06. The Balaban J connectivity index is 3.20. The van der Waals surface area contributed by atoms with Gasteiger partial charge in [-0.05, 0) is 11.8 Å². The van der Waals surface area contributed by atoms with Crippen molar-refractivity contribution in [3.05, 3.63) is 23.3 Å². The van der Waals surface area contributed by atoms with Gasteiger partial charge in [0.15, 0.2) is 5.69 Å². The Morgan fingerprint density at radius 2 is 1.86 bits per heavy atom. The molecule has 14 heavy (non-hydrogen) atoms. The molecule has 3 nitrogen and oxygen atoms in total. The molecule has 0 spiro atoms. The second-order valence-corrected chi connectivity index (χ2v) is 3.95. The predicted molar refractivity (Wildman–Crippen MR) is 54.9 cm³/mol. The smallest absolute Gasteiger partial charge is 0.162 e. The standard InChI is InChI=1S/C11H15N3/c1-7(2)10-6-13-11(8(3)4)9(5-12)14-10/h6-8H,1-4H3. The molecule has 0 unspecified atom stereocenters. The fourth-order valence-electron chi connectivity index (χ4n) is 1.20. The van der Waals surface area contributed by atoms with E-state index in [1.54, 1.807) is 6.20 Å². The van der Waals surface area contributed by atoms with Crippen LogP contribution in [-0.2, 0) is 0 Å². The van der Waals surface area contributed by atoms with Gasteiger partial charge in [0.2, 0.25) is 0 Å². The first kappa shape index (κ1) is 10.6. The minimum atomic E-state index is 0.248. The normalized spacial score (nSPS) is 10.6. The summed E-state index contributed by atoms with van der Waals surface area (Å²) in [6.45, 7) is 8.11. The van der Waals surface area contributed by atoms with Crippen LogP contribution in [0.15, 0.2) is 6.20 Å². The van der Waals surface area contributed by atoms with Crippen molar-refractivity contribution in [3.63, 3.8) is 0 Å². The van der Waals surface area contributed by atoms with E-state index in [2.05, 4.69) is 16.0 Å². The fourth-order valence-corrected chi connectivity index (χ4v) is 1.20. The van der Waals surface area contributed by atoms with Crippen LogP contribution in [0.4, 0.5) is 0 Å². The molecular weight excluding hydrogens is 174 g/mol. The molecule has 0 aromatic carbocycles. The molecule has 0 saturated carbocycles. The van der Waals surface area contributed by atoms with Crippen molar-refractivity contribution in [2.75, 3.05) is 0 Å². The number of aromatic nitrogens is 2. The Labute approximate surface area is 84.8 Å². The zero-order chi connectivity index (χ0) is 10.7. The van der Waals surface area contributed by atoms with Crippen LogP contribution in [0.3, 0.4) is 0 Å². The minimum Gasteiger partial charge on any atom is -0.256 e. The van der Waals surface area contributed by atoms with Crippen molar-refractivity contribution in [1.82, 2.24) is 9.97 Å². The van der Waals surface area contributed by atoms with E-state index in [-0.39, 0.29) is 5.92 Å². The van der Waals surface area contributed by atoms with E-state index in [0.29, 0.717) is 11.6 Å². The first-order valence-electron chi connectivity index (χ1n) is 4.83. The van der Waals surface area contributed by atoms with E-state index in [9.17, 15) is 0 Å². The van der Waals surface area contributed by atoms with Gasteiger partial charge in [0, 0.05) is 6.20 Å². The lowest BCUT2D eigenvalue weighted by Crippen LogP contribution is -2.04. The summed E-state index contributed by atoms with van der Waals surface area (Å²) in [4.78, 5) is 8.57. The molecule has 1 aromatic rings. The monoisotopic (exact) mass is 189 g/mol. The van der Waals surface area contributed by atoms with Crippen LogP contribution in [0.5, 0.6) is 0 Å². The maximum absolute atomic E-state index is 8.92. The largest absolute Gasteiger partial charge is 0.256 e. The van der Waals surface area contributed by atoms with Crippen LogP contribution in [-0.4, -0.2) is 9.97 Å². The van der Waals surface area contributed by atoms with Gasteiger partial charge in [-0.15, -0.1) is 0 Å². The van der Waals surface area contributed by atoms with Crippen LogP contribution < -0.4 is 0 Å². The molecule has 3 heteroatoms. The molecule has 0 atom stereocenters. The minimum absolute atomic E-state index is 0.248. The number of nitrogens with zero attached hydrogens (tertiary/aromatic N) is 3. The molecule has 0 aliphatic rings. The van der Waals surface area contributed by atoms with Crippen LogP contribution in [0, 0.1) is 11.3 Å². The lowest BCUT2D eigenvalue weighted by Gasteiger charge is -2.09. The summed E-state index contributed by atoms with van der Waals surface area (Å²) in [6.07, 6.45) is 1.76. The van der Waals surface area contributed by atoms with Gasteiger partial charge < -0.3 is 0 Å². The molecule has 0 N–H and O–H groups in total. The molecule has 0 amide bonds. The van der Waals surface area contributed by atoms with Crippen molar-refractivity contribution in [2.24, 2.45) is 0 Å². The molecule has 0 radical (unpaired) electrons. The SMILES string of the molecule is CC(C)c1cnc(C(C)C)c(C#N)n1. The summed E-state index contributed by atoms with van der Waals surface area (Å²) >= 11 is 0. The highest BCUT2D eigenvalue weighted by Crippen LogP contribution is 2.17. The topological polar surface area (TPSA) is 49.6 Å². The summed E-state index contributed by atoms with van der Waals surface area (Å²) in [5, 5.41) is 8.92. The van der Waals surface area contributed by atoms with Crippen molar-refractivity contribution >= 4 is 0 Å². The van der Waals surface area contributed by atoms with Crippen LogP contribution in [0.2, 0.25) is 0 Å². The first-order valence-corrected chi connectivity index (χ1v) is 4.83. The zero-order valence-electron chi connectivity index (χ0n) is 9.07. The fraction of sp³-hybridized carbons (Fsp3) is 0.545. The van der Waals surface area contributed by atoms with E-state index in [1.807, 2.05) is 27.7 Å². The van der Waals surface area contributed by atoms with Crippen molar-refractivity contribution in [1.29, 1.82) is 5.26 Å². The summed E-state index contributed by atoms with van der Waals surface area (Å²) < 4.78 is 0. The Kier molecular flexibility index (Phi) is 3.19. The van der Waals surface area contributed by atoms with E-state index < -0.39 is 0 Å². The third-order valence-corrected chi connectivity index (χ3v) is 2.06. The van der Waals surface area contributed by atoms with Crippen LogP contribution in [0.1, 0.15) is 56.6 Å². The Hall–Kier alpha value is -1.43. The van der Waals surface area contributed by atoms with Gasteiger partial charge in [-0.3, -0.25) is 4.98 Å². The summed E-state index contributed by atoms with van der Waals surface area (Å²) in [5.74, 6) is 0.564. The number of hydrogen-bond acceptors (Lipinski definition) is 3. The highest BCUT2D eigenvalue weighted by molar-refractivity contribution is 5.29. The number of rotatable bonds is 2. The van der Waals surface area contributed by atoms with E-state index >= 15 is 0 Å². The Bertz CT molecular complexity index is 361. The highest BCUT2D eigenvalue weighted by atomic mass is 14.8. The maximum Gasteiger partial charge on any atom is 0.162 e. The van der Waals surface area contributed by atoms with Crippen molar-refractivity contribution < 1.29 is 0 Å². The van der Waals surface area contributed by atoms with Gasteiger partial charge in [-0.1, -0.05) is 27.7 Å². The lowest BCUT2D eigenvalue weighted by molar-refractivity contribution is 0.760. The first-order chi connectivity index (χ1) is 6.56. The molecule has 0 aliphatic heterocycles. The van der Waals surface area contributed by atoms with Gasteiger partial charge in [-0.25, -0.2) is 4.98 Å². The molecule has 0 aliphatic carbocycles. The van der Waals surface area contributed by atoms with E-state index in [0.717, 1.165) is 11.4 Å². The van der Waals surface area contributed by atoms with Crippen molar-refractivity contribution in [2.45, 2.75) is 39.5 Å². The summed E-state index contributed by atoms with van der Waals surface area (Å²) in [5.41, 5.74) is 2.13. The molecule has 1 rings (SSSR count). The van der Waals surface area contributed by atoms with Crippen LogP contribution in [0.25, 0.3) is 0 Å². The van der Waals surface area contributed by atoms with Gasteiger partial charge >= 0.3 is 0 Å². The maximum atomic E-state index is 8.92. The number of hydrogen-bond donors (Lipinski definition) is 0. The Morgan fingerprint density at radius 3 is 2.29 bits per heavy atom. The quantitative estimate of drug-likeness (QED) is 0.718. The molecule has 0 fully saturated rings. The average molecular weight is 189 g/mol. The van der Waals surface area contributed by atoms with Gasteiger partial charge in [0.1, 0.15) is 6.07 Å². The summed E-state index contributed by atoms with van der Waals surface area (Å²) in [6, 6.07) is 2.10. The number of nitriles is 1. The van der Waals surface area contributed by atoms with Crippen molar-refractivity contribution in [3.8, 4) is 6.07 Å². The molecule has 1 heterocycles. The zero-order valence-corrected chi connectivity index (χ0v) is 9.07. The second kappa shape index (κ2) is 4.19. The second-order valence-electron chi connectivity index (χ2n) is 3.95. The molecule has 0 saturated heterocycles. The molecule has 0 bridgehead atoms. The molecule has 74 valence electrons. The molecule has 1 aromatic heterocycles. The predicted octanol–water partition coefficient (Wildman–Crippen LogP) is 2.60. The van der Waals surface area contributed by atoms with Gasteiger partial charge in [-0.2, -0.15) is 5.26 Å². The van der Waals surface area contributed by atoms with Gasteiger partial charge in [0.05, 0.1) is 11.4 Å². The van der Waals surface area contributed by atoms with E-state index in [4.69, 9.17) is 5.26 Å². The van der Waals surface area contributed by atoms with Gasteiger partial charge in [0.25, 0.3) is 0 Å². The highest BCUT2D eigenvalue weighted by Gasteiger charge is 2.11. The van der Waals surface area contributed by atoms with Crippen LogP contribution >= 0.6 is 0 Å². The molecular formula is C11H15N3.